The Balaban J connectivity index is 2.71. The molecule has 1 heterocycles. The van der Waals surface area contributed by atoms with Gasteiger partial charge in [0.15, 0.2) is 0 Å². The number of likely N-dealkylation sites (tertiary alicyclic amines) is 1. The molecule has 1 atom stereocenters. The van der Waals surface area contributed by atoms with Crippen molar-refractivity contribution in [3.63, 3.8) is 0 Å². The van der Waals surface area contributed by atoms with E-state index in [0.29, 0.717) is 11.9 Å². The summed E-state index contributed by atoms with van der Waals surface area (Å²) < 4.78 is 0. The number of amides is 1. The van der Waals surface area contributed by atoms with Gasteiger partial charge >= 0.3 is 0 Å². The Hall–Kier alpha value is -0.0500. The third kappa shape index (κ3) is 3.22. The molecule has 16 heavy (non-hydrogen) atoms. The van der Waals surface area contributed by atoms with Gasteiger partial charge in [-0.15, -0.1) is 0 Å². The van der Waals surface area contributed by atoms with Crippen LogP contribution in [0.5, 0.6) is 0 Å². The Kier molecular flexibility index (Phi) is 5.29. The number of piperidine rings is 1. The molecule has 1 rings (SSSR count). The summed E-state index contributed by atoms with van der Waals surface area (Å²) in [6.07, 6.45) is 5.63. The molecule has 1 aliphatic rings. The third-order valence-electron chi connectivity index (χ3n) is 3.79. The summed E-state index contributed by atoms with van der Waals surface area (Å²) >= 11 is 3.49. The molecule has 1 fully saturated rings. The maximum atomic E-state index is 12.4. The van der Waals surface area contributed by atoms with Crippen LogP contribution in [0.4, 0.5) is 0 Å². The van der Waals surface area contributed by atoms with Crippen molar-refractivity contribution >= 4 is 21.8 Å². The smallest absolute Gasteiger partial charge is 0.228 e. The molecule has 0 saturated carbocycles. The summed E-state index contributed by atoms with van der Waals surface area (Å²) in [6.45, 7) is 7.19. The van der Waals surface area contributed by atoms with Crippen molar-refractivity contribution in [2.24, 2.45) is 5.41 Å². The standard InChI is InChI=1S/C13H24BrNO/c1-4-13(2,3)12(16)15-10-6-5-7-11(15)8-9-14/h11H,4-10H2,1-3H3. The zero-order chi connectivity index (χ0) is 12.2. The Labute approximate surface area is 108 Å². The van der Waals surface area contributed by atoms with Crippen LogP contribution in [0.3, 0.4) is 0 Å². The predicted molar refractivity (Wildman–Crippen MR) is 71.8 cm³/mol. The SMILES string of the molecule is CCC(C)(C)C(=O)N1CCCCC1CCBr. The van der Waals surface area contributed by atoms with Crippen LogP contribution >= 0.6 is 15.9 Å². The number of rotatable bonds is 4. The molecule has 0 aliphatic carbocycles. The van der Waals surface area contributed by atoms with E-state index in [0.717, 1.165) is 24.7 Å². The molecular formula is C13H24BrNO. The predicted octanol–water partition coefficient (Wildman–Crippen LogP) is 3.59. The normalized spacial score (nSPS) is 22.2. The van der Waals surface area contributed by atoms with Crippen LogP contribution in [0, 0.1) is 5.41 Å². The maximum absolute atomic E-state index is 12.4. The number of hydrogen-bond donors (Lipinski definition) is 0. The monoisotopic (exact) mass is 289 g/mol. The highest BCUT2D eigenvalue weighted by Crippen LogP contribution is 2.29. The third-order valence-corrected chi connectivity index (χ3v) is 4.25. The summed E-state index contributed by atoms with van der Waals surface area (Å²) in [7, 11) is 0. The number of carbonyl (C=O) groups excluding carboxylic acids is 1. The van der Waals surface area contributed by atoms with Gasteiger partial charge < -0.3 is 4.90 Å². The Bertz CT molecular complexity index is 238. The Morgan fingerprint density at radius 1 is 1.44 bits per heavy atom. The largest absolute Gasteiger partial charge is 0.339 e. The van der Waals surface area contributed by atoms with Gasteiger partial charge in [-0.25, -0.2) is 0 Å². The lowest BCUT2D eigenvalue weighted by Crippen LogP contribution is -2.49. The van der Waals surface area contributed by atoms with E-state index in [2.05, 4.69) is 41.6 Å². The molecule has 1 amide bonds. The minimum Gasteiger partial charge on any atom is -0.339 e. The molecule has 0 radical (unpaired) electrons. The summed E-state index contributed by atoms with van der Waals surface area (Å²) in [5.74, 6) is 0.348. The molecule has 0 N–H and O–H groups in total. The van der Waals surface area contributed by atoms with Crippen LogP contribution < -0.4 is 0 Å². The average molecular weight is 290 g/mol. The fourth-order valence-electron chi connectivity index (χ4n) is 2.23. The first-order chi connectivity index (χ1) is 7.53. The first kappa shape index (κ1) is 14.0. The van der Waals surface area contributed by atoms with Crippen molar-refractivity contribution in [1.82, 2.24) is 4.90 Å². The molecule has 0 bridgehead atoms. The van der Waals surface area contributed by atoms with Crippen LogP contribution in [0.15, 0.2) is 0 Å². The minimum atomic E-state index is -0.193. The van der Waals surface area contributed by atoms with Crippen molar-refractivity contribution in [2.45, 2.75) is 58.9 Å². The Morgan fingerprint density at radius 3 is 2.69 bits per heavy atom. The second-order valence-corrected chi connectivity index (χ2v) is 6.16. The maximum Gasteiger partial charge on any atom is 0.228 e. The lowest BCUT2D eigenvalue weighted by molar-refractivity contribution is -0.144. The highest BCUT2D eigenvalue weighted by Gasteiger charge is 2.34. The molecule has 0 spiro atoms. The van der Waals surface area contributed by atoms with Crippen molar-refractivity contribution < 1.29 is 4.79 Å². The molecule has 2 nitrogen and oxygen atoms in total. The van der Waals surface area contributed by atoms with Gasteiger partial charge in [-0.2, -0.15) is 0 Å². The van der Waals surface area contributed by atoms with Crippen LogP contribution in [0.1, 0.15) is 52.9 Å². The number of nitrogens with zero attached hydrogens (tertiary/aromatic N) is 1. The fraction of sp³-hybridized carbons (Fsp3) is 0.923. The van der Waals surface area contributed by atoms with Crippen molar-refractivity contribution in [3.8, 4) is 0 Å². The molecule has 1 aliphatic heterocycles. The molecule has 0 aromatic carbocycles. The quantitative estimate of drug-likeness (QED) is 0.725. The first-order valence-electron chi connectivity index (χ1n) is 6.40. The van der Waals surface area contributed by atoms with Crippen LogP contribution in [0.2, 0.25) is 0 Å². The summed E-state index contributed by atoms with van der Waals surface area (Å²) in [6, 6.07) is 0.464. The highest BCUT2D eigenvalue weighted by molar-refractivity contribution is 9.09. The van der Waals surface area contributed by atoms with Crippen LogP contribution in [-0.4, -0.2) is 28.7 Å². The van der Waals surface area contributed by atoms with E-state index in [4.69, 9.17) is 0 Å². The van der Waals surface area contributed by atoms with Crippen molar-refractivity contribution in [3.05, 3.63) is 0 Å². The number of halogens is 1. The number of hydrogen-bond acceptors (Lipinski definition) is 1. The lowest BCUT2D eigenvalue weighted by atomic mass is 9.86. The van der Waals surface area contributed by atoms with Gasteiger partial charge in [0.25, 0.3) is 0 Å². The lowest BCUT2D eigenvalue weighted by Gasteiger charge is -2.40. The van der Waals surface area contributed by atoms with E-state index in [9.17, 15) is 4.79 Å². The van der Waals surface area contributed by atoms with Crippen LogP contribution in [0.25, 0.3) is 0 Å². The van der Waals surface area contributed by atoms with Gasteiger partial charge in [0, 0.05) is 23.3 Å². The summed E-state index contributed by atoms with van der Waals surface area (Å²) in [5.41, 5.74) is -0.193. The minimum absolute atomic E-state index is 0.193. The van der Waals surface area contributed by atoms with E-state index in [1.807, 2.05) is 0 Å². The molecule has 1 unspecified atom stereocenters. The van der Waals surface area contributed by atoms with Gasteiger partial charge in [0.05, 0.1) is 0 Å². The fourth-order valence-corrected chi connectivity index (χ4v) is 2.76. The van der Waals surface area contributed by atoms with E-state index >= 15 is 0 Å². The van der Waals surface area contributed by atoms with Crippen molar-refractivity contribution in [2.75, 3.05) is 11.9 Å². The van der Waals surface area contributed by atoms with Crippen molar-refractivity contribution in [1.29, 1.82) is 0 Å². The van der Waals surface area contributed by atoms with Gasteiger partial charge in [-0.1, -0.05) is 36.7 Å². The second-order valence-electron chi connectivity index (χ2n) is 5.36. The average Bonchev–Trinajstić information content (AvgIpc) is 2.29. The number of alkyl halides is 1. The van der Waals surface area contributed by atoms with E-state index in [-0.39, 0.29) is 5.41 Å². The Morgan fingerprint density at radius 2 is 2.12 bits per heavy atom. The molecule has 3 heteroatoms. The first-order valence-corrected chi connectivity index (χ1v) is 7.52. The highest BCUT2D eigenvalue weighted by atomic mass is 79.9. The summed E-state index contributed by atoms with van der Waals surface area (Å²) in [5, 5.41) is 0.994. The van der Waals surface area contributed by atoms with Gasteiger partial charge in [-0.3, -0.25) is 4.79 Å². The molecule has 1 saturated heterocycles. The van der Waals surface area contributed by atoms with E-state index in [1.54, 1.807) is 0 Å². The zero-order valence-corrected chi connectivity index (χ0v) is 12.3. The molecule has 0 aromatic heterocycles. The molecule has 0 aromatic rings. The zero-order valence-electron chi connectivity index (χ0n) is 10.8. The molecule has 94 valence electrons. The van der Waals surface area contributed by atoms with Gasteiger partial charge in [0.2, 0.25) is 5.91 Å². The van der Waals surface area contributed by atoms with E-state index < -0.39 is 0 Å². The van der Waals surface area contributed by atoms with Gasteiger partial charge in [0.1, 0.15) is 0 Å². The van der Waals surface area contributed by atoms with Crippen LogP contribution in [-0.2, 0) is 4.79 Å². The summed E-state index contributed by atoms with van der Waals surface area (Å²) in [4.78, 5) is 14.6. The second kappa shape index (κ2) is 6.04. The van der Waals surface area contributed by atoms with E-state index in [1.165, 1.54) is 19.3 Å². The van der Waals surface area contributed by atoms with Gasteiger partial charge in [-0.05, 0) is 32.1 Å². The molecular weight excluding hydrogens is 266 g/mol. The number of carbonyl (C=O) groups is 1. The topological polar surface area (TPSA) is 20.3 Å².